The normalized spacial score (nSPS) is 46.2. The average Bonchev–Trinajstić information content (AvgIpc) is 2.77. The lowest BCUT2D eigenvalue weighted by Gasteiger charge is -2.27. The lowest BCUT2D eigenvalue weighted by molar-refractivity contribution is 0.299. The molecule has 5 unspecified atom stereocenters. The molecule has 0 heterocycles. The predicted molar refractivity (Wildman–Crippen MR) is 65.9 cm³/mol. The summed E-state index contributed by atoms with van der Waals surface area (Å²) in [6.07, 6.45) is 8.55. The van der Waals surface area contributed by atoms with Crippen molar-refractivity contribution in [2.24, 2.45) is 17.8 Å². The van der Waals surface area contributed by atoms with Crippen LogP contribution >= 0.6 is 0 Å². The highest BCUT2D eigenvalue weighted by Gasteiger charge is 2.34. The van der Waals surface area contributed by atoms with Crippen LogP contribution in [-0.2, 0) is 0 Å². The van der Waals surface area contributed by atoms with Gasteiger partial charge in [-0.05, 0) is 43.4 Å². The van der Waals surface area contributed by atoms with Gasteiger partial charge in [-0.2, -0.15) is 0 Å². The van der Waals surface area contributed by atoms with E-state index < -0.39 is 0 Å². The molecule has 88 valence electrons. The molecule has 1 heteroatoms. The second kappa shape index (κ2) is 4.86. The molecule has 2 fully saturated rings. The van der Waals surface area contributed by atoms with Crippen LogP contribution in [0, 0.1) is 17.8 Å². The maximum atomic E-state index is 3.94. The van der Waals surface area contributed by atoms with E-state index in [1.54, 1.807) is 0 Å². The third kappa shape index (κ3) is 2.38. The number of hydrogen-bond donors (Lipinski definition) is 1. The van der Waals surface area contributed by atoms with E-state index in [0.29, 0.717) is 0 Å². The van der Waals surface area contributed by atoms with Crippen molar-refractivity contribution in [1.29, 1.82) is 0 Å². The Morgan fingerprint density at radius 3 is 2.33 bits per heavy atom. The first-order chi connectivity index (χ1) is 7.22. The molecule has 1 N–H and O–H groups in total. The van der Waals surface area contributed by atoms with Gasteiger partial charge in [0.2, 0.25) is 0 Å². The molecule has 2 saturated carbocycles. The molecule has 0 saturated heterocycles. The van der Waals surface area contributed by atoms with Gasteiger partial charge in [-0.15, -0.1) is 0 Å². The smallest absolute Gasteiger partial charge is 0.00981 e. The molecule has 0 bridgehead atoms. The first kappa shape index (κ1) is 11.4. The van der Waals surface area contributed by atoms with Gasteiger partial charge in [0, 0.05) is 12.1 Å². The molecule has 0 radical (unpaired) electrons. The monoisotopic (exact) mass is 209 g/mol. The van der Waals surface area contributed by atoms with Gasteiger partial charge in [0.25, 0.3) is 0 Å². The van der Waals surface area contributed by atoms with Gasteiger partial charge in [0.05, 0.1) is 0 Å². The van der Waals surface area contributed by atoms with Crippen molar-refractivity contribution >= 4 is 0 Å². The van der Waals surface area contributed by atoms with Gasteiger partial charge in [-0.1, -0.05) is 33.6 Å². The summed E-state index contributed by atoms with van der Waals surface area (Å²) in [6, 6.07) is 1.65. The van der Waals surface area contributed by atoms with Crippen LogP contribution in [0.2, 0.25) is 0 Å². The summed E-state index contributed by atoms with van der Waals surface area (Å²) in [4.78, 5) is 0. The van der Waals surface area contributed by atoms with Crippen LogP contribution in [0.3, 0.4) is 0 Å². The van der Waals surface area contributed by atoms with Crippen LogP contribution in [0.1, 0.15) is 59.3 Å². The molecule has 0 aromatic heterocycles. The van der Waals surface area contributed by atoms with E-state index in [9.17, 15) is 0 Å². The number of rotatable bonds is 3. The quantitative estimate of drug-likeness (QED) is 0.749. The Bertz CT molecular complexity index is 202. The molecule has 2 rings (SSSR count). The predicted octanol–water partition coefficient (Wildman–Crippen LogP) is 3.59. The largest absolute Gasteiger partial charge is 0.311 e. The van der Waals surface area contributed by atoms with E-state index in [-0.39, 0.29) is 0 Å². The maximum Gasteiger partial charge on any atom is 0.00981 e. The van der Waals surface area contributed by atoms with E-state index in [4.69, 9.17) is 0 Å². The maximum absolute atomic E-state index is 3.94. The van der Waals surface area contributed by atoms with E-state index >= 15 is 0 Å². The fraction of sp³-hybridized carbons (Fsp3) is 1.00. The molecule has 15 heavy (non-hydrogen) atoms. The molecule has 2 aliphatic carbocycles. The highest BCUT2D eigenvalue weighted by Crippen LogP contribution is 2.35. The zero-order valence-corrected chi connectivity index (χ0v) is 10.6. The molecule has 0 amide bonds. The topological polar surface area (TPSA) is 12.0 Å². The van der Waals surface area contributed by atoms with Gasteiger partial charge >= 0.3 is 0 Å². The van der Waals surface area contributed by atoms with Crippen molar-refractivity contribution in [2.45, 2.75) is 71.4 Å². The average molecular weight is 209 g/mol. The minimum atomic E-state index is 0.820. The standard InChI is InChI=1S/C14H27N/c1-4-12-8-9-14(11(12)3)15-13-7-5-6-10(13)2/h10-15H,4-9H2,1-3H3. The van der Waals surface area contributed by atoms with E-state index in [0.717, 1.165) is 29.8 Å². The van der Waals surface area contributed by atoms with Crippen molar-refractivity contribution in [3.63, 3.8) is 0 Å². The second-order valence-electron chi connectivity index (χ2n) is 5.89. The van der Waals surface area contributed by atoms with Crippen molar-refractivity contribution < 1.29 is 0 Å². The molecule has 0 aromatic carbocycles. The summed E-state index contributed by atoms with van der Waals surface area (Å²) in [5.74, 6) is 2.81. The zero-order chi connectivity index (χ0) is 10.8. The Hall–Kier alpha value is -0.0400. The first-order valence-electron chi connectivity index (χ1n) is 6.98. The summed E-state index contributed by atoms with van der Waals surface area (Å²) in [5, 5.41) is 3.94. The Morgan fingerprint density at radius 2 is 1.80 bits per heavy atom. The highest BCUT2D eigenvalue weighted by atomic mass is 15.0. The molecule has 2 aliphatic rings. The minimum absolute atomic E-state index is 0.820. The van der Waals surface area contributed by atoms with Gasteiger partial charge in [0.15, 0.2) is 0 Å². The van der Waals surface area contributed by atoms with Crippen LogP contribution in [0.4, 0.5) is 0 Å². The van der Waals surface area contributed by atoms with Crippen molar-refractivity contribution in [3.8, 4) is 0 Å². The summed E-state index contributed by atoms with van der Waals surface area (Å²) >= 11 is 0. The zero-order valence-electron chi connectivity index (χ0n) is 10.6. The van der Waals surface area contributed by atoms with Crippen LogP contribution in [0.5, 0.6) is 0 Å². The Morgan fingerprint density at radius 1 is 1.00 bits per heavy atom. The van der Waals surface area contributed by atoms with E-state index in [1.165, 1.54) is 38.5 Å². The lowest BCUT2D eigenvalue weighted by Crippen LogP contribution is -2.41. The third-order valence-electron chi connectivity index (χ3n) is 5.04. The van der Waals surface area contributed by atoms with Crippen molar-refractivity contribution in [1.82, 2.24) is 5.32 Å². The lowest BCUT2D eigenvalue weighted by atomic mass is 9.92. The van der Waals surface area contributed by atoms with E-state index in [2.05, 4.69) is 26.1 Å². The van der Waals surface area contributed by atoms with Gasteiger partial charge in [0.1, 0.15) is 0 Å². The fourth-order valence-corrected chi connectivity index (χ4v) is 3.73. The summed E-state index contributed by atoms with van der Waals surface area (Å²) in [7, 11) is 0. The molecular formula is C14H27N. The van der Waals surface area contributed by atoms with E-state index in [1.807, 2.05) is 0 Å². The van der Waals surface area contributed by atoms with Crippen molar-refractivity contribution in [3.05, 3.63) is 0 Å². The number of nitrogens with one attached hydrogen (secondary N) is 1. The molecular weight excluding hydrogens is 182 g/mol. The van der Waals surface area contributed by atoms with Gasteiger partial charge in [-0.3, -0.25) is 0 Å². The second-order valence-corrected chi connectivity index (χ2v) is 5.89. The molecule has 0 aliphatic heterocycles. The van der Waals surface area contributed by atoms with Crippen LogP contribution in [0.25, 0.3) is 0 Å². The Kier molecular flexibility index (Phi) is 3.71. The molecule has 0 spiro atoms. The third-order valence-corrected chi connectivity index (χ3v) is 5.04. The Labute approximate surface area is 95.0 Å². The van der Waals surface area contributed by atoms with Gasteiger partial charge in [-0.25, -0.2) is 0 Å². The highest BCUT2D eigenvalue weighted by molar-refractivity contribution is 4.91. The summed E-state index contributed by atoms with van der Waals surface area (Å²) in [6.45, 7) is 7.22. The summed E-state index contributed by atoms with van der Waals surface area (Å²) in [5.41, 5.74) is 0. The van der Waals surface area contributed by atoms with Crippen LogP contribution in [-0.4, -0.2) is 12.1 Å². The first-order valence-corrected chi connectivity index (χ1v) is 6.98. The fourth-order valence-electron chi connectivity index (χ4n) is 3.73. The summed E-state index contributed by atoms with van der Waals surface area (Å²) < 4.78 is 0. The van der Waals surface area contributed by atoms with Gasteiger partial charge < -0.3 is 5.32 Å². The van der Waals surface area contributed by atoms with Crippen LogP contribution in [0.15, 0.2) is 0 Å². The minimum Gasteiger partial charge on any atom is -0.311 e. The van der Waals surface area contributed by atoms with Crippen molar-refractivity contribution in [2.75, 3.05) is 0 Å². The SMILES string of the molecule is CCC1CCC(NC2CCCC2C)C1C. The number of hydrogen-bond acceptors (Lipinski definition) is 1. The Balaban J connectivity index is 1.85. The molecule has 0 aromatic rings. The molecule has 1 nitrogen and oxygen atoms in total. The van der Waals surface area contributed by atoms with Crippen LogP contribution < -0.4 is 5.32 Å². The molecule has 5 atom stereocenters.